The van der Waals surface area contributed by atoms with Crippen molar-refractivity contribution in [2.45, 2.75) is 102 Å². The minimum absolute atomic E-state index is 0.0581. The Hall–Kier alpha value is -2.27. The van der Waals surface area contributed by atoms with Crippen LogP contribution in [-0.4, -0.2) is 71.3 Å². The number of β-amino-alcohol motifs (C(OH)–C–C–N with tert-alkyl or cyclic N) is 1. The standard InChI is InChI=1S/C25H36BrN7O3/c1-25(2,3)22(33-14-19(29-30-33)15-8-9-15)24(36)31-13-17(34)10-21(31)23(35)28-18-6-4-5-7-20(18)32-12-16(26)11-27-32/h11-12,14-15,17-18,20-22,34H,4-10,13H2,1-3H3,(H,28,35)/t17?,18-,20+,21?,22-/m1/s1. The van der Waals surface area contributed by atoms with Crippen LogP contribution in [0.1, 0.15) is 89.4 Å². The summed E-state index contributed by atoms with van der Waals surface area (Å²) < 4.78 is 4.47. The Bertz CT molecular complexity index is 1110. The maximum Gasteiger partial charge on any atom is 0.248 e. The molecule has 10 nitrogen and oxygen atoms in total. The Morgan fingerprint density at radius 3 is 2.58 bits per heavy atom. The van der Waals surface area contributed by atoms with E-state index in [1.54, 1.807) is 15.8 Å². The summed E-state index contributed by atoms with van der Waals surface area (Å²) in [6, 6.07) is -1.37. The largest absolute Gasteiger partial charge is 0.391 e. The van der Waals surface area contributed by atoms with E-state index in [4.69, 9.17) is 0 Å². The summed E-state index contributed by atoms with van der Waals surface area (Å²) in [6.45, 7) is 6.10. The van der Waals surface area contributed by atoms with Gasteiger partial charge in [0, 0.05) is 31.3 Å². The molecule has 0 bridgehead atoms. The number of nitrogens with one attached hydrogen (secondary N) is 1. The van der Waals surface area contributed by atoms with Crippen LogP contribution in [0.25, 0.3) is 0 Å². The smallest absolute Gasteiger partial charge is 0.248 e. The number of aliphatic hydroxyl groups excluding tert-OH is 1. The average Bonchev–Trinajstić information content (AvgIpc) is 3.19. The highest BCUT2D eigenvalue weighted by Gasteiger charge is 2.46. The molecule has 2 aromatic heterocycles. The molecule has 0 spiro atoms. The van der Waals surface area contributed by atoms with E-state index in [9.17, 15) is 14.7 Å². The normalized spacial score (nSPS) is 27.8. The molecule has 5 rings (SSSR count). The second-order valence-corrected chi connectivity index (χ2v) is 12.6. The van der Waals surface area contributed by atoms with Crippen LogP contribution < -0.4 is 5.32 Å². The van der Waals surface area contributed by atoms with Crippen LogP contribution in [0, 0.1) is 5.41 Å². The average molecular weight is 563 g/mol. The van der Waals surface area contributed by atoms with Crippen LogP contribution in [0.2, 0.25) is 0 Å². The van der Waals surface area contributed by atoms with E-state index in [2.05, 4.69) is 36.7 Å². The summed E-state index contributed by atoms with van der Waals surface area (Å²) >= 11 is 3.46. The van der Waals surface area contributed by atoms with Gasteiger partial charge in [0.25, 0.3) is 0 Å². The number of hydrogen-bond acceptors (Lipinski definition) is 6. The fourth-order valence-electron chi connectivity index (χ4n) is 5.70. The Labute approximate surface area is 219 Å². The molecule has 0 radical (unpaired) electrons. The van der Waals surface area contributed by atoms with Crippen LogP contribution in [-0.2, 0) is 9.59 Å². The number of aromatic nitrogens is 5. The summed E-state index contributed by atoms with van der Waals surface area (Å²) in [4.78, 5) is 29.1. The van der Waals surface area contributed by atoms with E-state index in [1.165, 1.54) is 0 Å². The van der Waals surface area contributed by atoms with Gasteiger partial charge in [0.2, 0.25) is 11.8 Å². The predicted molar refractivity (Wildman–Crippen MR) is 136 cm³/mol. The number of nitrogens with zero attached hydrogens (tertiary/aromatic N) is 6. The molecule has 3 heterocycles. The number of carbonyl (C=O) groups excluding carboxylic acids is 2. The summed E-state index contributed by atoms with van der Waals surface area (Å²) in [5, 5.41) is 26.8. The Kier molecular flexibility index (Phi) is 6.97. The topological polar surface area (TPSA) is 118 Å². The van der Waals surface area contributed by atoms with Gasteiger partial charge < -0.3 is 15.3 Å². The Morgan fingerprint density at radius 2 is 1.92 bits per heavy atom. The molecule has 2 unspecified atom stereocenters. The molecule has 0 aromatic carbocycles. The van der Waals surface area contributed by atoms with E-state index in [1.807, 2.05) is 37.8 Å². The number of hydrogen-bond donors (Lipinski definition) is 2. The van der Waals surface area contributed by atoms with Gasteiger partial charge in [-0.3, -0.25) is 14.3 Å². The Balaban J connectivity index is 1.35. The van der Waals surface area contributed by atoms with Crippen LogP contribution in [0.5, 0.6) is 0 Å². The molecule has 5 atom stereocenters. The van der Waals surface area contributed by atoms with Crippen molar-refractivity contribution in [1.29, 1.82) is 0 Å². The minimum atomic E-state index is -0.743. The third kappa shape index (κ3) is 5.22. The molecule has 11 heteroatoms. The second kappa shape index (κ2) is 9.89. The zero-order valence-corrected chi connectivity index (χ0v) is 22.8. The highest BCUT2D eigenvalue weighted by molar-refractivity contribution is 9.10. The van der Waals surface area contributed by atoms with Gasteiger partial charge in [-0.15, -0.1) is 5.10 Å². The van der Waals surface area contributed by atoms with Crippen molar-refractivity contribution in [1.82, 2.24) is 35.0 Å². The van der Waals surface area contributed by atoms with E-state index >= 15 is 0 Å². The highest BCUT2D eigenvalue weighted by atomic mass is 79.9. The summed E-state index contributed by atoms with van der Waals surface area (Å²) in [5.41, 5.74) is 0.462. The van der Waals surface area contributed by atoms with Gasteiger partial charge in [-0.25, -0.2) is 4.68 Å². The van der Waals surface area contributed by atoms with Crippen molar-refractivity contribution < 1.29 is 14.7 Å². The lowest BCUT2D eigenvalue weighted by molar-refractivity contribution is -0.144. The first-order valence-electron chi connectivity index (χ1n) is 13.0. The number of rotatable bonds is 6. The predicted octanol–water partition coefficient (Wildman–Crippen LogP) is 2.96. The van der Waals surface area contributed by atoms with Crippen LogP contribution in [0.15, 0.2) is 23.1 Å². The van der Waals surface area contributed by atoms with E-state index < -0.39 is 23.6 Å². The zero-order valence-electron chi connectivity index (χ0n) is 21.2. The molecule has 2 amide bonds. The van der Waals surface area contributed by atoms with Gasteiger partial charge in [0.15, 0.2) is 0 Å². The molecule has 2 N–H and O–H groups in total. The molecule has 2 aliphatic carbocycles. The number of carbonyl (C=O) groups is 2. The molecule has 1 saturated heterocycles. The monoisotopic (exact) mass is 561 g/mol. The fraction of sp³-hybridized carbons (Fsp3) is 0.720. The lowest BCUT2D eigenvalue weighted by Crippen LogP contribution is -2.53. The molecule has 196 valence electrons. The maximum atomic E-state index is 14.0. The molecule has 3 aliphatic rings. The number of aliphatic hydroxyl groups is 1. The van der Waals surface area contributed by atoms with E-state index in [-0.39, 0.29) is 36.9 Å². The number of likely N-dealkylation sites (tertiary alicyclic amines) is 1. The van der Waals surface area contributed by atoms with Gasteiger partial charge >= 0.3 is 0 Å². The quantitative estimate of drug-likeness (QED) is 0.559. The molecular weight excluding hydrogens is 526 g/mol. The third-order valence-electron chi connectivity index (χ3n) is 7.67. The molecule has 36 heavy (non-hydrogen) atoms. The lowest BCUT2D eigenvalue weighted by Gasteiger charge is -2.36. The maximum absolute atomic E-state index is 14.0. The summed E-state index contributed by atoms with van der Waals surface area (Å²) in [7, 11) is 0. The van der Waals surface area contributed by atoms with Crippen molar-refractivity contribution in [2.75, 3.05) is 6.54 Å². The van der Waals surface area contributed by atoms with Crippen LogP contribution in [0.4, 0.5) is 0 Å². The molecule has 2 aromatic rings. The fourth-order valence-corrected chi connectivity index (χ4v) is 6.00. The van der Waals surface area contributed by atoms with Gasteiger partial charge in [0.05, 0.1) is 34.6 Å². The SMILES string of the molecule is CC(C)(C)[C@@H](C(=O)N1CC(O)CC1C(=O)N[C@@H]1CCCC[C@@H]1n1cc(Br)cn1)n1cc(C2CC2)nn1. The highest BCUT2D eigenvalue weighted by Crippen LogP contribution is 2.40. The van der Waals surface area contributed by atoms with Gasteiger partial charge in [-0.2, -0.15) is 5.10 Å². The van der Waals surface area contributed by atoms with Crippen molar-refractivity contribution >= 4 is 27.7 Å². The lowest BCUT2D eigenvalue weighted by atomic mass is 9.85. The molecular formula is C25H36BrN7O3. The third-order valence-corrected chi connectivity index (χ3v) is 8.08. The van der Waals surface area contributed by atoms with Crippen molar-refractivity contribution in [2.24, 2.45) is 5.41 Å². The second-order valence-electron chi connectivity index (χ2n) is 11.7. The minimum Gasteiger partial charge on any atom is -0.391 e. The van der Waals surface area contributed by atoms with Gasteiger partial charge in [0.1, 0.15) is 12.1 Å². The van der Waals surface area contributed by atoms with E-state index in [0.29, 0.717) is 5.92 Å². The first-order valence-corrected chi connectivity index (χ1v) is 13.8. The zero-order chi connectivity index (χ0) is 25.6. The van der Waals surface area contributed by atoms with Crippen molar-refractivity contribution in [3.8, 4) is 0 Å². The summed E-state index contributed by atoms with van der Waals surface area (Å²) in [6.07, 6.45) is 11.1. The van der Waals surface area contributed by atoms with Gasteiger partial charge in [-0.1, -0.05) is 38.8 Å². The molecule has 2 saturated carbocycles. The van der Waals surface area contributed by atoms with Crippen molar-refractivity contribution in [3.63, 3.8) is 0 Å². The molecule has 1 aliphatic heterocycles. The first-order chi connectivity index (χ1) is 17.1. The first kappa shape index (κ1) is 25.4. The summed E-state index contributed by atoms with van der Waals surface area (Å²) in [5.74, 6) is 0.0102. The van der Waals surface area contributed by atoms with Crippen molar-refractivity contribution in [3.05, 3.63) is 28.8 Å². The number of halogens is 1. The van der Waals surface area contributed by atoms with Crippen LogP contribution >= 0.6 is 15.9 Å². The Morgan fingerprint density at radius 1 is 1.17 bits per heavy atom. The van der Waals surface area contributed by atoms with Gasteiger partial charge in [-0.05, 0) is 47.0 Å². The van der Waals surface area contributed by atoms with Crippen LogP contribution in [0.3, 0.4) is 0 Å². The van der Waals surface area contributed by atoms with E-state index in [0.717, 1.165) is 48.7 Å². The number of amides is 2. The molecule has 3 fully saturated rings.